The molecule has 6 nitrogen and oxygen atoms in total. The number of carbonyl (C=O) groups excluding carboxylic acids is 1. The molecule has 0 aliphatic carbocycles. The number of halogens is 4. The van der Waals surface area contributed by atoms with Gasteiger partial charge in [0.1, 0.15) is 0 Å². The van der Waals surface area contributed by atoms with Crippen molar-refractivity contribution in [2.75, 3.05) is 46.3 Å². The van der Waals surface area contributed by atoms with E-state index in [1.807, 2.05) is 18.7 Å². The van der Waals surface area contributed by atoms with Gasteiger partial charge < -0.3 is 15.5 Å². The SMILES string of the molecule is CN=C(NCC1CCN(CC(F)(F)F)C1)NC1CCN(C(=O)C(C)C)C1.I. The number of nitrogens with zero attached hydrogens (tertiary/aromatic N) is 3. The largest absolute Gasteiger partial charge is 0.401 e. The zero-order valence-electron chi connectivity index (χ0n) is 16.2. The number of carbonyl (C=O) groups is 1. The summed E-state index contributed by atoms with van der Waals surface area (Å²) >= 11 is 0. The molecule has 2 heterocycles. The first kappa shape index (κ1) is 24.3. The minimum absolute atomic E-state index is 0. The normalized spacial score (nSPS) is 24.3. The second kappa shape index (κ2) is 10.7. The smallest absolute Gasteiger partial charge is 0.356 e. The van der Waals surface area contributed by atoms with Crippen LogP contribution >= 0.6 is 24.0 Å². The maximum Gasteiger partial charge on any atom is 0.401 e. The zero-order valence-corrected chi connectivity index (χ0v) is 18.5. The zero-order chi connectivity index (χ0) is 19.3. The molecule has 2 unspecified atom stereocenters. The summed E-state index contributed by atoms with van der Waals surface area (Å²) in [6.45, 7) is 5.87. The van der Waals surface area contributed by atoms with Crippen LogP contribution in [0, 0.1) is 11.8 Å². The van der Waals surface area contributed by atoms with Crippen LogP contribution in [0.4, 0.5) is 13.2 Å². The van der Waals surface area contributed by atoms with Gasteiger partial charge in [0.2, 0.25) is 5.91 Å². The maximum absolute atomic E-state index is 12.5. The maximum atomic E-state index is 12.5. The van der Waals surface area contributed by atoms with E-state index in [0.29, 0.717) is 32.1 Å². The fourth-order valence-corrected chi connectivity index (χ4v) is 3.55. The summed E-state index contributed by atoms with van der Waals surface area (Å²) in [6.07, 6.45) is -2.52. The second-order valence-electron chi connectivity index (χ2n) is 7.53. The van der Waals surface area contributed by atoms with Crippen molar-refractivity contribution in [1.82, 2.24) is 20.4 Å². The number of nitrogens with one attached hydrogen (secondary N) is 2. The van der Waals surface area contributed by atoms with Gasteiger partial charge >= 0.3 is 6.18 Å². The highest BCUT2D eigenvalue weighted by molar-refractivity contribution is 14.0. The molecular formula is C17H31F3IN5O. The van der Waals surface area contributed by atoms with Gasteiger partial charge in [0.15, 0.2) is 5.96 Å². The Hall–Kier alpha value is -0.780. The van der Waals surface area contributed by atoms with Gasteiger partial charge in [0.25, 0.3) is 0 Å². The van der Waals surface area contributed by atoms with Gasteiger partial charge in [-0.15, -0.1) is 24.0 Å². The molecule has 0 saturated carbocycles. The van der Waals surface area contributed by atoms with Crippen LogP contribution in [0.15, 0.2) is 4.99 Å². The third-order valence-corrected chi connectivity index (χ3v) is 4.89. The molecule has 2 aliphatic rings. The van der Waals surface area contributed by atoms with Crippen LogP contribution < -0.4 is 10.6 Å². The van der Waals surface area contributed by atoms with E-state index < -0.39 is 12.7 Å². The van der Waals surface area contributed by atoms with Crippen LogP contribution in [-0.4, -0.2) is 80.2 Å². The molecule has 2 aliphatic heterocycles. The molecule has 2 rings (SSSR count). The van der Waals surface area contributed by atoms with Crippen molar-refractivity contribution in [3.8, 4) is 0 Å². The first-order chi connectivity index (χ1) is 12.2. The summed E-state index contributed by atoms with van der Waals surface area (Å²) in [5, 5.41) is 6.53. The Bertz CT molecular complexity index is 515. The second-order valence-corrected chi connectivity index (χ2v) is 7.53. The lowest BCUT2D eigenvalue weighted by molar-refractivity contribution is -0.143. The van der Waals surface area contributed by atoms with Crippen LogP contribution in [-0.2, 0) is 4.79 Å². The molecule has 0 radical (unpaired) electrons. The Morgan fingerprint density at radius 2 is 1.93 bits per heavy atom. The van der Waals surface area contributed by atoms with Crippen molar-refractivity contribution in [3.05, 3.63) is 0 Å². The van der Waals surface area contributed by atoms with Crippen molar-refractivity contribution in [2.24, 2.45) is 16.8 Å². The molecule has 27 heavy (non-hydrogen) atoms. The number of hydrogen-bond acceptors (Lipinski definition) is 3. The minimum Gasteiger partial charge on any atom is -0.356 e. The molecule has 0 aromatic rings. The number of hydrogen-bond donors (Lipinski definition) is 2. The van der Waals surface area contributed by atoms with Gasteiger partial charge in [-0.05, 0) is 25.3 Å². The molecule has 158 valence electrons. The molecule has 0 aromatic heterocycles. The summed E-state index contributed by atoms with van der Waals surface area (Å²) in [6, 6.07) is 0.147. The van der Waals surface area contributed by atoms with Gasteiger partial charge in [-0.3, -0.25) is 14.7 Å². The standard InChI is InChI=1S/C17H30F3N5O.HI/c1-12(2)15(26)25-7-5-14(10-25)23-16(21-3)22-8-13-4-6-24(9-13)11-17(18,19)20;/h12-14H,4-11H2,1-3H3,(H2,21,22,23);1H. The predicted molar refractivity (Wildman–Crippen MR) is 110 cm³/mol. The Labute approximate surface area is 176 Å². The van der Waals surface area contributed by atoms with Gasteiger partial charge in [-0.1, -0.05) is 13.8 Å². The van der Waals surface area contributed by atoms with Crippen LogP contribution in [0.5, 0.6) is 0 Å². The molecule has 0 aromatic carbocycles. The number of aliphatic imine (C=N–C) groups is 1. The average molecular weight is 505 g/mol. The van der Waals surface area contributed by atoms with E-state index in [2.05, 4.69) is 15.6 Å². The van der Waals surface area contributed by atoms with Crippen LogP contribution in [0.2, 0.25) is 0 Å². The van der Waals surface area contributed by atoms with Crippen molar-refractivity contribution in [3.63, 3.8) is 0 Å². The third kappa shape index (κ3) is 8.00. The molecule has 2 fully saturated rings. The quantitative estimate of drug-likeness (QED) is 0.341. The van der Waals surface area contributed by atoms with E-state index in [4.69, 9.17) is 0 Å². The summed E-state index contributed by atoms with van der Waals surface area (Å²) < 4.78 is 37.4. The van der Waals surface area contributed by atoms with Crippen LogP contribution in [0.1, 0.15) is 26.7 Å². The first-order valence-electron chi connectivity index (χ1n) is 9.23. The molecular weight excluding hydrogens is 474 g/mol. The van der Waals surface area contributed by atoms with E-state index in [9.17, 15) is 18.0 Å². The Balaban J connectivity index is 0.00000364. The summed E-state index contributed by atoms with van der Waals surface area (Å²) in [4.78, 5) is 19.6. The first-order valence-corrected chi connectivity index (χ1v) is 9.23. The van der Waals surface area contributed by atoms with E-state index >= 15 is 0 Å². The Kier molecular flexibility index (Phi) is 9.59. The summed E-state index contributed by atoms with van der Waals surface area (Å²) in [5.41, 5.74) is 0. The van der Waals surface area contributed by atoms with Crippen molar-refractivity contribution in [1.29, 1.82) is 0 Å². The number of alkyl halides is 3. The fraction of sp³-hybridized carbons (Fsp3) is 0.882. The van der Waals surface area contributed by atoms with Gasteiger partial charge in [0.05, 0.1) is 6.54 Å². The molecule has 2 N–H and O–H groups in total. The van der Waals surface area contributed by atoms with E-state index in [0.717, 1.165) is 19.4 Å². The van der Waals surface area contributed by atoms with Gasteiger partial charge in [-0.25, -0.2) is 0 Å². The lowest BCUT2D eigenvalue weighted by Crippen LogP contribution is -2.46. The Morgan fingerprint density at radius 1 is 1.22 bits per heavy atom. The molecule has 0 bridgehead atoms. The van der Waals surface area contributed by atoms with Crippen molar-refractivity contribution in [2.45, 2.75) is 38.9 Å². The number of rotatable bonds is 5. The summed E-state index contributed by atoms with van der Waals surface area (Å²) in [5.74, 6) is 0.975. The predicted octanol–water partition coefficient (Wildman–Crippen LogP) is 1.91. The van der Waals surface area contributed by atoms with Crippen molar-refractivity contribution >= 4 is 35.8 Å². The van der Waals surface area contributed by atoms with Gasteiger partial charge in [0, 0.05) is 45.2 Å². The minimum atomic E-state index is -4.14. The molecule has 2 saturated heterocycles. The molecule has 10 heteroatoms. The number of likely N-dealkylation sites (tertiary alicyclic amines) is 2. The molecule has 2 atom stereocenters. The fourth-order valence-electron chi connectivity index (χ4n) is 3.55. The molecule has 0 spiro atoms. The monoisotopic (exact) mass is 505 g/mol. The van der Waals surface area contributed by atoms with Crippen molar-refractivity contribution < 1.29 is 18.0 Å². The highest BCUT2D eigenvalue weighted by Crippen LogP contribution is 2.22. The lowest BCUT2D eigenvalue weighted by atomic mass is 10.1. The average Bonchev–Trinajstić information content (AvgIpc) is 3.18. The topological polar surface area (TPSA) is 60.0 Å². The van der Waals surface area contributed by atoms with Crippen LogP contribution in [0.3, 0.4) is 0 Å². The Morgan fingerprint density at radius 3 is 2.52 bits per heavy atom. The molecule has 1 amide bonds. The lowest BCUT2D eigenvalue weighted by Gasteiger charge is -2.21. The highest BCUT2D eigenvalue weighted by Gasteiger charge is 2.34. The summed E-state index contributed by atoms with van der Waals surface area (Å²) in [7, 11) is 1.67. The van der Waals surface area contributed by atoms with Crippen LogP contribution in [0.25, 0.3) is 0 Å². The van der Waals surface area contributed by atoms with E-state index in [-0.39, 0.29) is 47.8 Å². The number of guanidine groups is 1. The van der Waals surface area contributed by atoms with E-state index in [1.165, 1.54) is 4.90 Å². The highest BCUT2D eigenvalue weighted by atomic mass is 127. The third-order valence-electron chi connectivity index (χ3n) is 4.89. The van der Waals surface area contributed by atoms with Gasteiger partial charge in [-0.2, -0.15) is 13.2 Å². The van der Waals surface area contributed by atoms with E-state index in [1.54, 1.807) is 7.05 Å². The number of amides is 1.